The molecule has 1 aliphatic heterocycles. The second-order valence-corrected chi connectivity index (χ2v) is 6.30. The molecule has 1 N–H and O–H groups in total. The Morgan fingerprint density at radius 2 is 2.12 bits per heavy atom. The summed E-state index contributed by atoms with van der Waals surface area (Å²) in [6, 6.07) is 5.04. The molecule has 0 aliphatic carbocycles. The summed E-state index contributed by atoms with van der Waals surface area (Å²) in [5, 5.41) is 5.77. The van der Waals surface area contributed by atoms with Gasteiger partial charge in [0.15, 0.2) is 0 Å². The summed E-state index contributed by atoms with van der Waals surface area (Å²) < 4.78 is 0. The first-order chi connectivity index (χ1) is 8.27. The second kappa shape index (κ2) is 6.53. The number of nitrogens with one attached hydrogen (secondary N) is 1. The Morgan fingerprint density at radius 3 is 2.71 bits per heavy atom. The van der Waals surface area contributed by atoms with Crippen LogP contribution in [0.5, 0.6) is 0 Å². The van der Waals surface area contributed by atoms with Gasteiger partial charge in [-0.1, -0.05) is 19.9 Å². The van der Waals surface area contributed by atoms with Crippen LogP contribution in [0, 0.1) is 5.92 Å². The molecule has 96 valence electrons. The van der Waals surface area contributed by atoms with E-state index in [2.05, 4.69) is 41.6 Å². The van der Waals surface area contributed by atoms with Gasteiger partial charge in [0.05, 0.1) is 0 Å². The maximum atomic E-state index is 3.61. The van der Waals surface area contributed by atoms with Gasteiger partial charge >= 0.3 is 0 Å². The topological polar surface area (TPSA) is 15.3 Å². The monoisotopic (exact) mass is 252 g/mol. The zero-order valence-corrected chi connectivity index (χ0v) is 11.8. The van der Waals surface area contributed by atoms with Crippen molar-refractivity contribution >= 4 is 11.3 Å². The molecule has 1 atom stereocenters. The van der Waals surface area contributed by atoms with Crippen LogP contribution in [0.15, 0.2) is 17.5 Å². The van der Waals surface area contributed by atoms with Gasteiger partial charge in [0.2, 0.25) is 0 Å². The minimum atomic E-state index is 0.706. The zero-order valence-electron chi connectivity index (χ0n) is 11.0. The largest absolute Gasteiger partial charge is 0.310 e. The predicted octanol–water partition coefficient (Wildman–Crippen LogP) is 2.96. The average Bonchev–Trinajstić information content (AvgIpc) is 2.96. The molecule has 0 radical (unpaired) electrons. The van der Waals surface area contributed by atoms with Gasteiger partial charge in [0.1, 0.15) is 0 Å². The van der Waals surface area contributed by atoms with E-state index in [0.717, 1.165) is 19.0 Å². The molecule has 3 heteroatoms. The molecule has 1 aliphatic rings. The van der Waals surface area contributed by atoms with E-state index in [4.69, 9.17) is 0 Å². The fraction of sp³-hybridized carbons (Fsp3) is 0.714. The molecule has 2 rings (SSSR count). The molecule has 0 bridgehead atoms. The lowest BCUT2D eigenvalue weighted by Gasteiger charge is -2.31. The van der Waals surface area contributed by atoms with Crippen molar-refractivity contribution in [1.29, 1.82) is 0 Å². The lowest BCUT2D eigenvalue weighted by Crippen LogP contribution is -2.43. The molecule has 1 unspecified atom stereocenters. The van der Waals surface area contributed by atoms with Crippen LogP contribution < -0.4 is 5.32 Å². The Labute approximate surface area is 109 Å². The van der Waals surface area contributed by atoms with Crippen molar-refractivity contribution in [2.75, 3.05) is 19.6 Å². The quantitative estimate of drug-likeness (QED) is 0.837. The highest BCUT2D eigenvalue weighted by atomic mass is 32.1. The first-order valence-electron chi connectivity index (χ1n) is 6.74. The van der Waals surface area contributed by atoms with E-state index in [1.165, 1.54) is 30.8 Å². The van der Waals surface area contributed by atoms with E-state index in [1.807, 2.05) is 11.3 Å². The SMILES string of the molecule is CC(C)C(CNCc1cccs1)N1CCCC1. The Balaban J connectivity index is 1.77. The number of thiophene rings is 1. The van der Waals surface area contributed by atoms with Crippen LogP contribution in [0.2, 0.25) is 0 Å². The van der Waals surface area contributed by atoms with Crippen molar-refractivity contribution in [3.63, 3.8) is 0 Å². The normalized spacial score (nSPS) is 19.0. The molecule has 2 nitrogen and oxygen atoms in total. The Morgan fingerprint density at radius 1 is 1.35 bits per heavy atom. The van der Waals surface area contributed by atoms with Gasteiger partial charge in [-0.2, -0.15) is 0 Å². The van der Waals surface area contributed by atoms with E-state index >= 15 is 0 Å². The van der Waals surface area contributed by atoms with Crippen LogP contribution in [-0.4, -0.2) is 30.6 Å². The highest BCUT2D eigenvalue weighted by Crippen LogP contribution is 2.17. The third-order valence-electron chi connectivity index (χ3n) is 3.61. The molecule has 0 aromatic carbocycles. The fourth-order valence-corrected chi connectivity index (χ4v) is 3.29. The molecule has 17 heavy (non-hydrogen) atoms. The van der Waals surface area contributed by atoms with Gasteiger partial charge in [0, 0.05) is 24.0 Å². The molecule has 1 aromatic heterocycles. The van der Waals surface area contributed by atoms with Crippen molar-refractivity contribution < 1.29 is 0 Å². The van der Waals surface area contributed by atoms with Crippen molar-refractivity contribution in [2.24, 2.45) is 5.92 Å². The third kappa shape index (κ3) is 3.80. The minimum Gasteiger partial charge on any atom is -0.310 e. The van der Waals surface area contributed by atoms with E-state index in [-0.39, 0.29) is 0 Å². The average molecular weight is 252 g/mol. The molecule has 0 spiro atoms. The molecular weight excluding hydrogens is 228 g/mol. The Kier molecular flexibility index (Phi) is 5.01. The van der Waals surface area contributed by atoms with Crippen molar-refractivity contribution in [3.8, 4) is 0 Å². The lowest BCUT2D eigenvalue weighted by atomic mass is 10.0. The molecule has 0 saturated carbocycles. The van der Waals surface area contributed by atoms with Gasteiger partial charge in [-0.25, -0.2) is 0 Å². The molecule has 1 aromatic rings. The van der Waals surface area contributed by atoms with Crippen LogP contribution in [0.4, 0.5) is 0 Å². The lowest BCUT2D eigenvalue weighted by molar-refractivity contribution is 0.186. The molecule has 2 heterocycles. The van der Waals surface area contributed by atoms with E-state index in [1.54, 1.807) is 0 Å². The fourth-order valence-electron chi connectivity index (χ4n) is 2.62. The van der Waals surface area contributed by atoms with Crippen molar-refractivity contribution in [2.45, 2.75) is 39.3 Å². The standard InChI is InChI=1S/C14H24N2S/c1-12(2)14(16-7-3-4-8-16)11-15-10-13-6-5-9-17-13/h5-6,9,12,14-15H,3-4,7-8,10-11H2,1-2H3. The first kappa shape index (κ1) is 13.1. The van der Waals surface area contributed by atoms with Crippen LogP contribution in [-0.2, 0) is 6.54 Å². The highest BCUT2D eigenvalue weighted by Gasteiger charge is 2.23. The zero-order chi connectivity index (χ0) is 12.1. The van der Waals surface area contributed by atoms with Gasteiger partial charge in [-0.3, -0.25) is 4.90 Å². The van der Waals surface area contributed by atoms with Gasteiger partial charge in [-0.05, 0) is 43.3 Å². The maximum Gasteiger partial charge on any atom is 0.0300 e. The smallest absolute Gasteiger partial charge is 0.0300 e. The number of nitrogens with zero attached hydrogens (tertiary/aromatic N) is 1. The first-order valence-corrected chi connectivity index (χ1v) is 7.62. The third-order valence-corrected chi connectivity index (χ3v) is 4.49. The summed E-state index contributed by atoms with van der Waals surface area (Å²) in [6.07, 6.45) is 2.77. The Bertz CT molecular complexity index is 302. The summed E-state index contributed by atoms with van der Waals surface area (Å²) in [6.45, 7) is 9.42. The second-order valence-electron chi connectivity index (χ2n) is 5.26. The van der Waals surface area contributed by atoms with Crippen molar-refractivity contribution in [3.05, 3.63) is 22.4 Å². The van der Waals surface area contributed by atoms with Gasteiger partial charge < -0.3 is 5.32 Å². The van der Waals surface area contributed by atoms with Crippen LogP contribution in [0.25, 0.3) is 0 Å². The Hall–Kier alpha value is -0.380. The maximum absolute atomic E-state index is 3.61. The van der Waals surface area contributed by atoms with Crippen LogP contribution >= 0.6 is 11.3 Å². The molecule has 1 saturated heterocycles. The highest BCUT2D eigenvalue weighted by molar-refractivity contribution is 7.09. The number of rotatable bonds is 6. The minimum absolute atomic E-state index is 0.706. The molecular formula is C14H24N2S. The van der Waals surface area contributed by atoms with Crippen LogP contribution in [0.1, 0.15) is 31.6 Å². The summed E-state index contributed by atoms with van der Waals surface area (Å²) >= 11 is 1.84. The summed E-state index contributed by atoms with van der Waals surface area (Å²) in [4.78, 5) is 4.10. The van der Waals surface area contributed by atoms with Gasteiger partial charge in [-0.15, -0.1) is 11.3 Å². The summed E-state index contributed by atoms with van der Waals surface area (Å²) in [5.41, 5.74) is 0. The van der Waals surface area contributed by atoms with E-state index in [0.29, 0.717) is 6.04 Å². The predicted molar refractivity (Wildman–Crippen MR) is 75.5 cm³/mol. The van der Waals surface area contributed by atoms with E-state index < -0.39 is 0 Å². The molecule has 0 amide bonds. The van der Waals surface area contributed by atoms with E-state index in [9.17, 15) is 0 Å². The van der Waals surface area contributed by atoms with Crippen molar-refractivity contribution in [1.82, 2.24) is 10.2 Å². The summed E-state index contributed by atoms with van der Waals surface area (Å²) in [5.74, 6) is 0.740. The number of hydrogen-bond acceptors (Lipinski definition) is 3. The summed E-state index contributed by atoms with van der Waals surface area (Å²) in [7, 11) is 0. The van der Waals surface area contributed by atoms with Crippen LogP contribution in [0.3, 0.4) is 0 Å². The van der Waals surface area contributed by atoms with Gasteiger partial charge in [0.25, 0.3) is 0 Å². The number of likely N-dealkylation sites (tertiary alicyclic amines) is 1. The number of hydrogen-bond donors (Lipinski definition) is 1. The molecule has 1 fully saturated rings.